The predicted molar refractivity (Wildman–Crippen MR) is 142 cm³/mol. The van der Waals surface area contributed by atoms with E-state index in [4.69, 9.17) is 16.6 Å². The summed E-state index contributed by atoms with van der Waals surface area (Å²) in [6.07, 6.45) is 1.55. The van der Waals surface area contributed by atoms with Gasteiger partial charge in [-0.1, -0.05) is 54.3 Å². The average molecular weight is 519 g/mol. The lowest BCUT2D eigenvalue weighted by atomic mass is 10.1. The predicted octanol–water partition coefficient (Wildman–Crippen LogP) is 5.06. The normalized spacial score (nSPS) is 14.7. The lowest BCUT2D eigenvalue weighted by molar-refractivity contribution is -0.384. The van der Waals surface area contributed by atoms with Crippen molar-refractivity contribution in [3.05, 3.63) is 104 Å². The van der Waals surface area contributed by atoms with Gasteiger partial charge in [0.1, 0.15) is 17.2 Å². The smallest absolute Gasteiger partial charge is 0.296 e. The fraction of sp³-hybridized carbons (Fsp3) is 0.0800. The maximum absolute atomic E-state index is 13.4. The van der Waals surface area contributed by atoms with Gasteiger partial charge >= 0.3 is 0 Å². The third-order valence-electron chi connectivity index (χ3n) is 5.78. The van der Waals surface area contributed by atoms with Crippen molar-refractivity contribution >= 4 is 51.7 Å². The van der Waals surface area contributed by atoms with Crippen LogP contribution in [0.15, 0.2) is 80.8 Å². The maximum atomic E-state index is 13.4. The minimum atomic E-state index is -0.476. The SMILES string of the molecule is Cc1c(N2C(=O)/C(=C/c3ccc(-c4cccc([N+](=O)[O-])c4)o3)SC2=S)c(=O)n(-c2ccccc2)n1C. The van der Waals surface area contributed by atoms with Crippen LogP contribution >= 0.6 is 24.0 Å². The molecule has 0 spiro atoms. The molecule has 36 heavy (non-hydrogen) atoms. The number of furan rings is 1. The summed E-state index contributed by atoms with van der Waals surface area (Å²) < 4.78 is 9.24. The Bertz CT molecular complexity index is 1630. The lowest BCUT2D eigenvalue weighted by Crippen LogP contribution is -2.33. The summed E-state index contributed by atoms with van der Waals surface area (Å²) in [5.41, 5.74) is 1.59. The standard InChI is InChI=1S/C25H18N4O5S2/c1-15-22(24(31)28(26(15)2)17-8-4-3-5-9-17)27-23(30)21(36-25(27)35)14-19-11-12-20(34-19)16-7-6-10-18(13-16)29(32)33/h3-14H,1-2H3/b21-14-. The van der Waals surface area contributed by atoms with Gasteiger partial charge in [0, 0.05) is 30.8 Å². The molecule has 3 heterocycles. The number of nitro benzene ring substituents is 1. The Kier molecular flexibility index (Phi) is 5.94. The van der Waals surface area contributed by atoms with Crippen LogP contribution < -0.4 is 10.5 Å². The molecule has 180 valence electrons. The molecule has 1 amide bonds. The number of thiocarbonyl (C=S) groups is 1. The van der Waals surface area contributed by atoms with Gasteiger partial charge in [-0.3, -0.25) is 29.3 Å². The molecule has 0 aliphatic carbocycles. The van der Waals surface area contributed by atoms with Gasteiger partial charge in [0.15, 0.2) is 4.32 Å². The molecule has 1 fully saturated rings. The molecule has 1 saturated heterocycles. The minimum Gasteiger partial charge on any atom is -0.457 e. The highest BCUT2D eigenvalue weighted by Crippen LogP contribution is 2.37. The first-order valence-electron chi connectivity index (χ1n) is 10.7. The average Bonchev–Trinajstić information content (AvgIpc) is 3.51. The van der Waals surface area contributed by atoms with Crippen molar-refractivity contribution in [2.75, 3.05) is 4.90 Å². The molecular formula is C25H18N4O5S2. The van der Waals surface area contributed by atoms with E-state index in [2.05, 4.69) is 0 Å². The Morgan fingerprint density at radius 2 is 1.81 bits per heavy atom. The van der Waals surface area contributed by atoms with Gasteiger partial charge in [-0.2, -0.15) is 0 Å². The molecule has 0 atom stereocenters. The van der Waals surface area contributed by atoms with E-state index in [-0.39, 0.29) is 21.3 Å². The quantitative estimate of drug-likeness (QED) is 0.157. The highest BCUT2D eigenvalue weighted by Gasteiger charge is 2.38. The molecule has 2 aromatic heterocycles. The number of anilines is 1. The molecule has 9 nitrogen and oxygen atoms in total. The van der Waals surface area contributed by atoms with Gasteiger partial charge < -0.3 is 4.42 Å². The first kappa shape index (κ1) is 23.5. The van der Waals surface area contributed by atoms with Crippen molar-refractivity contribution < 1.29 is 14.1 Å². The molecule has 1 aliphatic heterocycles. The van der Waals surface area contributed by atoms with E-state index in [0.29, 0.717) is 33.4 Å². The Morgan fingerprint density at radius 3 is 2.53 bits per heavy atom. The molecule has 4 aromatic rings. The van der Waals surface area contributed by atoms with Gasteiger partial charge in [0.25, 0.3) is 17.2 Å². The number of nitrogens with zero attached hydrogens (tertiary/aromatic N) is 4. The van der Waals surface area contributed by atoms with Crippen molar-refractivity contribution in [3.8, 4) is 17.0 Å². The third-order valence-corrected chi connectivity index (χ3v) is 7.08. The van der Waals surface area contributed by atoms with E-state index < -0.39 is 10.8 Å². The van der Waals surface area contributed by atoms with Crippen LogP contribution in [0.5, 0.6) is 0 Å². The number of benzene rings is 2. The summed E-state index contributed by atoms with van der Waals surface area (Å²) in [6, 6.07) is 18.6. The van der Waals surface area contributed by atoms with Gasteiger partial charge in [0.2, 0.25) is 0 Å². The van der Waals surface area contributed by atoms with E-state index in [1.807, 2.05) is 30.3 Å². The molecule has 11 heteroatoms. The molecule has 0 unspecified atom stereocenters. The number of hydrogen-bond donors (Lipinski definition) is 0. The van der Waals surface area contributed by atoms with E-state index in [1.165, 1.54) is 21.7 Å². The molecule has 2 aromatic carbocycles. The molecule has 0 radical (unpaired) electrons. The first-order valence-corrected chi connectivity index (χ1v) is 12.0. The van der Waals surface area contributed by atoms with Crippen molar-refractivity contribution in [1.82, 2.24) is 9.36 Å². The fourth-order valence-electron chi connectivity index (χ4n) is 3.96. The summed E-state index contributed by atoms with van der Waals surface area (Å²) in [5.74, 6) is 0.373. The van der Waals surface area contributed by atoms with Gasteiger partial charge in [-0.15, -0.1) is 0 Å². The topological polar surface area (TPSA) is 104 Å². The highest BCUT2D eigenvalue weighted by molar-refractivity contribution is 8.27. The number of aromatic nitrogens is 2. The maximum Gasteiger partial charge on any atom is 0.296 e. The van der Waals surface area contributed by atoms with Crippen LogP contribution in [0, 0.1) is 17.0 Å². The number of hydrogen-bond acceptors (Lipinski definition) is 7. The second-order valence-electron chi connectivity index (χ2n) is 7.94. The van der Waals surface area contributed by atoms with Gasteiger partial charge in [-0.25, -0.2) is 4.68 Å². The van der Waals surface area contributed by atoms with Gasteiger partial charge in [0.05, 0.1) is 21.2 Å². The van der Waals surface area contributed by atoms with Crippen LogP contribution in [0.25, 0.3) is 23.1 Å². The number of rotatable bonds is 5. The van der Waals surface area contributed by atoms with Crippen molar-refractivity contribution in [2.45, 2.75) is 6.92 Å². The molecule has 0 saturated carbocycles. The minimum absolute atomic E-state index is 0.0503. The number of carbonyl (C=O) groups is 1. The van der Waals surface area contributed by atoms with Crippen LogP contribution in [0.1, 0.15) is 11.5 Å². The molecule has 0 bridgehead atoms. The van der Waals surface area contributed by atoms with E-state index >= 15 is 0 Å². The molecule has 1 aliphatic rings. The van der Waals surface area contributed by atoms with Crippen LogP contribution in [0.3, 0.4) is 0 Å². The second kappa shape index (κ2) is 9.10. The van der Waals surface area contributed by atoms with Crippen molar-refractivity contribution in [3.63, 3.8) is 0 Å². The zero-order chi connectivity index (χ0) is 25.6. The summed E-state index contributed by atoms with van der Waals surface area (Å²) in [6.45, 7) is 1.76. The number of nitro groups is 1. The molecular weight excluding hydrogens is 500 g/mol. The van der Waals surface area contributed by atoms with Crippen LogP contribution in [-0.4, -0.2) is 24.5 Å². The van der Waals surface area contributed by atoms with E-state index in [1.54, 1.807) is 49.0 Å². The number of thioether (sulfide) groups is 1. The zero-order valence-corrected chi connectivity index (χ0v) is 20.7. The third kappa shape index (κ3) is 3.97. The Labute approximate surface area is 214 Å². The fourth-order valence-corrected chi connectivity index (χ4v) is 5.21. The monoisotopic (exact) mass is 518 g/mol. The van der Waals surface area contributed by atoms with E-state index in [9.17, 15) is 19.7 Å². The van der Waals surface area contributed by atoms with Gasteiger partial charge in [-0.05, 0) is 31.2 Å². The van der Waals surface area contributed by atoms with Crippen LogP contribution in [-0.2, 0) is 11.8 Å². The number of para-hydroxylation sites is 1. The summed E-state index contributed by atoms with van der Waals surface area (Å²) in [7, 11) is 1.75. The number of carbonyl (C=O) groups excluding carboxylic acids is 1. The molecule has 5 rings (SSSR count). The Morgan fingerprint density at radius 1 is 1.06 bits per heavy atom. The highest BCUT2D eigenvalue weighted by atomic mass is 32.2. The largest absolute Gasteiger partial charge is 0.457 e. The second-order valence-corrected chi connectivity index (χ2v) is 9.61. The van der Waals surface area contributed by atoms with E-state index in [0.717, 1.165) is 11.8 Å². The Hall–Kier alpha value is -4.22. The number of non-ortho nitro benzene ring substituents is 1. The van der Waals surface area contributed by atoms with Crippen molar-refractivity contribution in [2.24, 2.45) is 7.05 Å². The van der Waals surface area contributed by atoms with Crippen molar-refractivity contribution in [1.29, 1.82) is 0 Å². The summed E-state index contributed by atoms with van der Waals surface area (Å²) in [4.78, 5) is 38.9. The zero-order valence-electron chi connectivity index (χ0n) is 19.1. The summed E-state index contributed by atoms with van der Waals surface area (Å²) >= 11 is 6.55. The Balaban J connectivity index is 1.48. The number of amides is 1. The lowest BCUT2D eigenvalue weighted by Gasteiger charge is -2.12. The molecule has 0 N–H and O–H groups in total. The van der Waals surface area contributed by atoms with Crippen LogP contribution in [0.2, 0.25) is 0 Å². The first-order chi connectivity index (χ1) is 17.3. The summed E-state index contributed by atoms with van der Waals surface area (Å²) in [5, 5.41) is 11.1. The van der Waals surface area contributed by atoms with Crippen LogP contribution in [0.4, 0.5) is 11.4 Å².